The highest BCUT2D eigenvalue weighted by molar-refractivity contribution is 5.97. The molecular weight excluding hydrogens is 1010 g/mol. The number of carbonyl (C=O) groups excluding carboxylic acids is 10. The molecule has 3 aromatic carbocycles. The van der Waals surface area contributed by atoms with Crippen LogP contribution in [0.1, 0.15) is 126 Å². The molecule has 0 aromatic heterocycles. The van der Waals surface area contributed by atoms with Crippen LogP contribution in [0, 0.1) is 16.7 Å². The molecule has 20 nitrogen and oxygen atoms in total. The maximum Gasteiger partial charge on any atom is 0.350 e. The number of ether oxygens (including phenoxy) is 6. The molecule has 3 aromatic rings. The van der Waals surface area contributed by atoms with Crippen molar-refractivity contribution in [1.82, 2.24) is 10.6 Å². The summed E-state index contributed by atoms with van der Waals surface area (Å²) in [4.78, 5) is 137. The molecule has 11 atom stereocenters. The molecule has 2 amide bonds. The van der Waals surface area contributed by atoms with Gasteiger partial charge in [-0.25, -0.2) is 9.59 Å². The largest absolute Gasteiger partial charge is 0.455 e. The quantitative estimate of drug-likeness (QED) is 0.0687. The Balaban J connectivity index is 1.34. The number of benzene rings is 3. The van der Waals surface area contributed by atoms with Crippen molar-refractivity contribution in [2.75, 3.05) is 13.2 Å². The van der Waals surface area contributed by atoms with E-state index in [9.17, 15) is 48.6 Å². The molecule has 1 saturated heterocycles. The Morgan fingerprint density at radius 1 is 0.756 bits per heavy atom. The third-order valence-corrected chi connectivity index (χ3v) is 15.8. The highest BCUT2D eigenvalue weighted by Gasteiger charge is 2.78. The molecule has 78 heavy (non-hydrogen) atoms. The highest BCUT2D eigenvalue weighted by Crippen LogP contribution is 2.64. The van der Waals surface area contributed by atoms with Crippen LogP contribution in [0.3, 0.4) is 0 Å². The summed E-state index contributed by atoms with van der Waals surface area (Å²) in [5.41, 5.74) is -7.90. The first-order valence-electron chi connectivity index (χ1n) is 25.8. The standard InChI is InChI=1S/C58H66N2O18/c1-32(61)27-28-59-43(66)25-23-39(64)24-26-44(67)76-48(46(36-17-11-8-12-18-36)60-52(69)37-19-13-9-14-20-37)54(71)75-40-30-58(72)51(77-53(70)38-21-15-10-16-22-38)49-56(7,41(65)29-42-57(49,31-73-42)78-35(4)63)50(68)47(74-34(3)62)45(33(40)2)55(58,5)6/h8-22,40-42,46-49,51,65,72H,23-31H2,1-7H3,(H,59,66)(H,60,69)/t40-,41-,42+,46-,47+,48+,49-,51-,56+,57-,58+/m0/s1. The molecule has 0 radical (unpaired) electrons. The van der Waals surface area contributed by atoms with Crippen LogP contribution in [0.5, 0.6) is 0 Å². The lowest BCUT2D eigenvalue weighted by atomic mass is 9.44. The maximum absolute atomic E-state index is 15.8. The van der Waals surface area contributed by atoms with E-state index in [-0.39, 0.29) is 72.5 Å². The van der Waals surface area contributed by atoms with Gasteiger partial charge in [-0.1, -0.05) is 80.6 Å². The third-order valence-electron chi connectivity index (χ3n) is 15.8. The van der Waals surface area contributed by atoms with Crippen LogP contribution in [0.4, 0.5) is 0 Å². The maximum atomic E-state index is 15.8. The number of hydrogen-bond donors (Lipinski definition) is 4. The van der Waals surface area contributed by atoms with Crippen molar-refractivity contribution in [3.05, 3.63) is 119 Å². The summed E-state index contributed by atoms with van der Waals surface area (Å²) in [5, 5.41) is 31.6. The molecule has 0 spiro atoms. The predicted molar refractivity (Wildman–Crippen MR) is 273 cm³/mol. The lowest BCUT2D eigenvalue weighted by molar-refractivity contribution is -0.346. The van der Waals surface area contributed by atoms with Crippen LogP contribution < -0.4 is 10.6 Å². The number of rotatable bonds is 20. The van der Waals surface area contributed by atoms with Gasteiger partial charge in [0.25, 0.3) is 5.91 Å². The summed E-state index contributed by atoms with van der Waals surface area (Å²) in [7, 11) is 0. The minimum atomic E-state index is -2.52. The lowest BCUT2D eigenvalue weighted by Gasteiger charge is -2.67. The van der Waals surface area contributed by atoms with Gasteiger partial charge in [-0.15, -0.1) is 0 Å². The smallest absolute Gasteiger partial charge is 0.350 e. The Labute approximate surface area is 450 Å². The summed E-state index contributed by atoms with van der Waals surface area (Å²) < 4.78 is 36.7. The fraction of sp³-hybridized carbons (Fsp3) is 0.483. The van der Waals surface area contributed by atoms with E-state index in [1.807, 2.05) is 0 Å². The monoisotopic (exact) mass is 1080 g/mol. The number of aliphatic hydroxyl groups excluding tert-OH is 1. The Morgan fingerprint density at radius 2 is 1.36 bits per heavy atom. The van der Waals surface area contributed by atoms with Crippen molar-refractivity contribution in [1.29, 1.82) is 0 Å². The molecule has 3 aliphatic carbocycles. The van der Waals surface area contributed by atoms with Crippen molar-refractivity contribution < 1.29 is 86.6 Å². The number of carbonyl (C=O) groups is 10. The van der Waals surface area contributed by atoms with E-state index in [4.69, 9.17) is 28.4 Å². The zero-order valence-electron chi connectivity index (χ0n) is 44.6. The van der Waals surface area contributed by atoms with E-state index in [1.54, 1.807) is 66.7 Å². The number of amides is 2. The van der Waals surface area contributed by atoms with E-state index in [1.165, 1.54) is 58.9 Å². The van der Waals surface area contributed by atoms with Gasteiger partial charge in [0.1, 0.15) is 41.5 Å². The molecule has 20 heteroatoms. The highest BCUT2D eigenvalue weighted by atomic mass is 16.6. The van der Waals surface area contributed by atoms with Gasteiger partial charge in [-0.3, -0.25) is 38.4 Å². The van der Waals surface area contributed by atoms with Gasteiger partial charge in [-0.2, -0.15) is 0 Å². The van der Waals surface area contributed by atoms with Gasteiger partial charge in [0.05, 0.1) is 36.0 Å². The molecular formula is C58H66N2O18. The molecule has 416 valence electrons. The summed E-state index contributed by atoms with van der Waals surface area (Å²) >= 11 is 0. The Morgan fingerprint density at radius 3 is 1.94 bits per heavy atom. The number of esters is 5. The van der Waals surface area contributed by atoms with Crippen LogP contribution in [0.15, 0.2) is 102 Å². The van der Waals surface area contributed by atoms with Crippen molar-refractivity contribution in [3.63, 3.8) is 0 Å². The third kappa shape index (κ3) is 11.7. The number of fused-ring (bicyclic) bond motifs is 5. The van der Waals surface area contributed by atoms with E-state index in [2.05, 4.69) is 10.6 Å². The number of Topliss-reactive ketones (excluding diaryl/α,β-unsaturated/α-hetero) is 3. The molecule has 4 N–H and O–H groups in total. The molecule has 1 heterocycles. The molecule has 4 aliphatic rings. The number of nitrogens with one attached hydrogen (secondary N) is 2. The average Bonchev–Trinajstić information content (AvgIpc) is 3.33. The van der Waals surface area contributed by atoms with Crippen LogP contribution in [0.2, 0.25) is 0 Å². The second kappa shape index (κ2) is 23.7. The first-order chi connectivity index (χ1) is 36.8. The van der Waals surface area contributed by atoms with Crippen molar-refractivity contribution in [2.45, 2.75) is 147 Å². The summed E-state index contributed by atoms with van der Waals surface area (Å²) in [5.74, 6) is -9.57. The fourth-order valence-corrected chi connectivity index (χ4v) is 11.6. The van der Waals surface area contributed by atoms with E-state index in [0.717, 1.165) is 13.8 Å². The minimum absolute atomic E-state index is 0.0133. The van der Waals surface area contributed by atoms with Crippen molar-refractivity contribution in [2.24, 2.45) is 16.7 Å². The van der Waals surface area contributed by atoms with Crippen LogP contribution in [-0.2, 0) is 66.8 Å². The van der Waals surface area contributed by atoms with Crippen molar-refractivity contribution in [3.8, 4) is 0 Å². The summed E-state index contributed by atoms with van der Waals surface area (Å²) in [6.07, 6.45) is -12.6. The van der Waals surface area contributed by atoms with E-state index in [0.29, 0.717) is 0 Å². The molecule has 3 fully saturated rings. The second-order valence-corrected chi connectivity index (χ2v) is 21.2. The second-order valence-electron chi connectivity index (χ2n) is 21.2. The van der Waals surface area contributed by atoms with Crippen LogP contribution in [0.25, 0.3) is 0 Å². The number of hydrogen-bond acceptors (Lipinski definition) is 18. The van der Waals surface area contributed by atoms with E-state index < -0.39 is 143 Å². The Bertz CT molecular complexity index is 2850. The zero-order chi connectivity index (χ0) is 56.9. The Kier molecular flexibility index (Phi) is 17.7. The molecule has 2 bridgehead atoms. The topological polar surface area (TPSA) is 291 Å². The van der Waals surface area contributed by atoms with Crippen LogP contribution in [-0.4, -0.2) is 130 Å². The van der Waals surface area contributed by atoms with Gasteiger partial charge >= 0.3 is 29.8 Å². The fourth-order valence-electron chi connectivity index (χ4n) is 11.6. The molecule has 1 aliphatic heterocycles. The molecule has 7 rings (SSSR count). The lowest BCUT2D eigenvalue weighted by Crippen LogP contribution is -2.82. The van der Waals surface area contributed by atoms with Gasteiger partial charge < -0.3 is 49.3 Å². The van der Waals surface area contributed by atoms with E-state index >= 15 is 9.59 Å². The Hall–Kier alpha value is -7.42. The van der Waals surface area contributed by atoms with Gasteiger partial charge in [0, 0.05) is 69.9 Å². The average molecular weight is 1080 g/mol. The minimum Gasteiger partial charge on any atom is -0.455 e. The number of ketones is 3. The summed E-state index contributed by atoms with van der Waals surface area (Å²) in [6.45, 7) is 9.13. The number of aliphatic hydroxyl groups is 2. The first kappa shape index (κ1) is 58.3. The normalized spacial score (nSPS) is 27.5. The molecule has 0 unspecified atom stereocenters. The SMILES string of the molecule is CC(=O)CCNC(=O)CCC(=O)CCC(=O)O[C@@H](C(=O)O[C@H]1C[C@@]2(O)[C@@H](OC(=O)c3ccccc3)[C@@H]3[C@]4(OC(C)=O)CO[C@@H]4C[C@H](O)[C@@]3(C)C(=O)[C@H](OC(C)=O)C(=C1C)C2(C)C)[C@@H](NC(=O)c1ccccc1)c1ccccc1. The first-order valence-corrected chi connectivity index (χ1v) is 25.8. The van der Waals surface area contributed by atoms with Gasteiger partial charge in [0.15, 0.2) is 17.5 Å². The zero-order valence-corrected chi connectivity index (χ0v) is 44.6. The van der Waals surface area contributed by atoms with Gasteiger partial charge in [0.2, 0.25) is 12.0 Å². The van der Waals surface area contributed by atoms with Gasteiger partial charge in [-0.05, 0) is 61.7 Å². The molecule has 2 saturated carbocycles. The van der Waals surface area contributed by atoms with Crippen LogP contribution >= 0.6 is 0 Å². The summed E-state index contributed by atoms with van der Waals surface area (Å²) in [6, 6.07) is 22.1. The predicted octanol–water partition coefficient (Wildman–Crippen LogP) is 4.51. The van der Waals surface area contributed by atoms with Crippen molar-refractivity contribution >= 4 is 59.0 Å².